The third-order valence-corrected chi connectivity index (χ3v) is 5.30. The largest absolute Gasteiger partial charge is 0.337 e. The van der Waals surface area contributed by atoms with Gasteiger partial charge in [0.2, 0.25) is 11.9 Å². The molecule has 0 atom stereocenters. The topological polar surface area (TPSA) is 96.8 Å². The molecule has 0 unspecified atom stereocenters. The number of nitrogens with one attached hydrogen (secondary N) is 3. The third kappa shape index (κ3) is 5.52. The fourth-order valence-corrected chi connectivity index (χ4v) is 3.61. The van der Waals surface area contributed by atoms with Crippen LogP contribution < -0.4 is 16.0 Å². The van der Waals surface area contributed by atoms with E-state index < -0.39 is 5.82 Å². The molecule has 4 aromatic rings. The van der Waals surface area contributed by atoms with E-state index in [9.17, 15) is 9.18 Å². The predicted molar refractivity (Wildman–Crippen MR) is 137 cm³/mol. The summed E-state index contributed by atoms with van der Waals surface area (Å²) in [7, 11) is 1.81. The highest BCUT2D eigenvalue weighted by Gasteiger charge is 2.17. The van der Waals surface area contributed by atoms with Gasteiger partial charge in [0.15, 0.2) is 0 Å². The summed E-state index contributed by atoms with van der Waals surface area (Å²) in [5.74, 6) is 0.0963. The van der Waals surface area contributed by atoms with Gasteiger partial charge in [0, 0.05) is 30.7 Å². The number of rotatable bonds is 8. The first-order chi connectivity index (χ1) is 16.8. The Morgan fingerprint density at radius 3 is 2.60 bits per heavy atom. The maximum Gasteiger partial charge on any atom is 0.247 e. The van der Waals surface area contributed by atoms with E-state index in [4.69, 9.17) is 0 Å². The van der Waals surface area contributed by atoms with Gasteiger partial charge in [0.25, 0.3) is 0 Å². The van der Waals surface area contributed by atoms with Crippen molar-refractivity contribution in [1.29, 1.82) is 0 Å². The first-order valence-corrected chi connectivity index (χ1v) is 11.1. The van der Waals surface area contributed by atoms with Crippen LogP contribution in [-0.2, 0) is 11.8 Å². The van der Waals surface area contributed by atoms with E-state index in [-0.39, 0.29) is 17.5 Å². The molecule has 178 valence electrons. The van der Waals surface area contributed by atoms with Crippen molar-refractivity contribution in [2.45, 2.75) is 19.8 Å². The van der Waals surface area contributed by atoms with Gasteiger partial charge in [-0.15, -0.1) is 0 Å². The van der Waals surface area contributed by atoms with Crippen molar-refractivity contribution in [3.05, 3.63) is 85.1 Å². The Labute approximate surface area is 202 Å². The molecule has 0 saturated heterocycles. The molecule has 0 fully saturated rings. The zero-order valence-electron chi connectivity index (χ0n) is 19.7. The molecule has 8 nitrogen and oxygen atoms in total. The second-order valence-corrected chi connectivity index (χ2v) is 8.24. The maximum atomic E-state index is 14.8. The second-order valence-electron chi connectivity index (χ2n) is 8.24. The van der Waals surface area contributed by atoms with Crippen molar-refractivity contribution >= 4 is 34.7 Å². The molecule has 0 aliphatic heterocycles. The van der Waals surface area contributed by atoms with Crippen molar-refractivity contribution in [3.8, 4) is 11.1 Å². The van der Waals surface area contributed by atoms with Crippen molar-refractivity contribution < 1.29 is 9.18 Å². The van der Waals surface area contributed by atoms with Crippen LogP contribution in [0, 0.1) is 5.82 Å². The highest BCUT2D eigenvalue weighted by molar-refractivity contribution is 5.99. The number of amides is 1. The summed E-state index contributed by atoms with van der Waals surface area (Å²) in [4.78, 5) is 20.9. The summed E-state index contributed by atoms with van der Waals surface area (Å²) < 4.78 is 16.5. The van der Waals surface area contributed by atoms with E-state index in [0.29, 0.717) is 28.7 Å². The zero-order chi connectivity index (χ0) is 24.9. The molecule has 2 aromatic heterocycles. The normalized spacial score (nSPS) is 10.8. The number of anilines is 5. The number of nitrogens with zero attached hydrogens (tertiary/aromatic N) is 4. The molecule has 0 saturated carbocycles. The average Bonchev–Trinajstić information content (AvgIpc) is 3.25. The van der Waals surface area contributed by atoms with Gasteiger partial charge < -0.3 is 16.0 Å². The number of benzene rings is 2. The van der Waals surface area contributed by atoms with E-state index in [1.807, 2.05) is 25.2 Å². The Hall–Kier alpha value is -4.53. The standard InChI is InChI=1S/C26H26FN7O/c1-5-24(35)30-17-10-11-22(27)23(12-17)32-25-21(20-9-7-6-8-19(20)16(2)3)14-28-26(33-25)31-18-13-29-34(4)15-18/h5-16H,1H2,2-4H3,(H,30,35)(H2,28,31,32,33). The Morgan fingerprint density at radius 1 is 1.09 bits per heavy atom. The van der Waals surface area contributed by atoms with Crippen LogP contribution in [0.3, 0.4) is 0 Å². The lowest BCUT2D eigenvalue weighted by atomic mass is 9.93. The number of hydrogen-bond donors (Lipinski definition) is 3. The van der Waals surface area contributed by atoms with Crippen LogP contribution in [0.25, 0.3) is 11.1 Å². The molecule has 3 N–H and O–H groups in total. The first-order valence-electron chi connectivity index (χ1n) is 11.1. The predicted octanol–water partition coefficient (Wildman–Crippen LogP) is 5.75. The van der Waals surface area contributed by atoms with Gasteiger partial charge >= 0.3 is 0 Å². The number of carbonyl (C=O) groups is 1. The number of hydrogen-bond acceptors (Lipinski definition) is 6. The van der Waals surface area contributed by atoms with Crippen molar-refractivity contribution in [2.24, 2.45) is 7.05 Å². The van der Waals surface area contributed by atoms with E-state index in [2.05, 4.69) is 57.5 Å². The molecule has 0 spiro atoms. The fraction of sp³-hybridized carbons (Fsp3) is 0.154. The minimum Gasteiger partial charge on any atom is -0.337 e. The van der Waals surface area contributed by atoms with E-state index in [0.717, 1.165) is 17.2 Å². The van der Waals surface area contributed by atoms with Crippen molar-refractivity contribution in [3.63, 3.8) is 0 Å². The molecule has 2 heterocycles. The lowest BCUT2D eigenvalue weighted by molar-refractivity contribution is -0.111. The molecule has 9 heteroatoms. The average molecular weight is 472 g/mol. The molecule has 0 bridgehead atoms. The summed E-state index contributed by atoms with van der Waals surface area (Å²) in [5.41, 5.74) is 4.06. The minimum atomic E-state index is -0.495. The third-order valence-electron chi connectivity index (χ3n) is 5.30. The summed E-state index contributed by atoms with van der Waals surface area (Å²) in [6.45, 7) is 7.66. The number of carbonyl (C=O) groups excluding carboxylic acids is 1. The summed E-state index contributed by atoms with van der Waals surface area (Å²) in [6.07, 6.45) is 6.31. The van der Waals surface area contributed by atoms with Crippen LogP contribution >= 0.6 is 0 Å². The molecule has 0 aliphatic rings. The van der Waals surface area contributed by atoms with Crippen molar-refractivity contribution in [2.75, 3.05) is 16.0 Å². The Kier molecular flexibility index (Phi) is 6.86. The number of aryl methyl sites for hydroxylation is 1. The number of halogens is 1. The Bertz CT molecular complexity index is 1380. The molecule has 0 radical (unpaired) electrons. The summed E-state index contributed by atoms with van der Waals surface area (Å²) in [5, 5.41) is 13.0. The maximum absolute atomic E-state index is 14.8. The second kappa shape index (κ2) is 10.2. The molecule has 35 heavy (non-hydrogen) atoms. The SMILES string of the molecule is C=CC(=O)Nc1ccc(F)c(Nc2nc(Nc3cnn(C)c3)ncc2-c2ccccc2C(C)C)c1. The van der Waals surface area contributed by atoms with Gasteiger partial charge in [0.1, 0.15) is 11.6 Å². The lowest BCUT2D eigenvalue weighted by Crippen LogP contribution is -2.08. The van der Waals surface area contributed by atoms with Crippen LogP contribution in [0.15, 0.2) is 73.7 Å². The molecule has 4 rings (SSSR count). The van der Waals surface area contributed by atoms with Gasteiger partial charge in [0.05, 0.1) is 17.6 Å². The zero-order valence-corrected chi connectivity index (χ0v) is 19.7. The molecular weight excluding hydrogens is 445 g/mol. The molecule has 0 aliphatic carbocycles. The quantitative estimate of drug-likeness (QED) is 0.283. The van der Waals surface area contributed by atoms with Gasteiger partial charge in [-0.25, -0.2) is 9.37 Å². The first kappa shape index (κ1) is 23.6. The van der Waals surface area contributed by atoms with Crippen LogP contribution in [0.4, 0.5) is 33.2 Å². The Balaban J connectivity index is 1.78. The molecular formula is C26H26FN7O. The van der Waals surface area contributed by atoms with Crippen LogP contribution in [0.1, 0.15) is 25.3 Å². The van der Waals surface area contributed by atoms with Gasteiger partial charge in [-0.1, -0.05) is 44.7 Å². The molecule has 2 aromatic carbocycles. The molecule has 1 amide bonds. The van der Waals surface area contributed by atoms with Crippen LogP contribution in [0.2, 0.25) is 0 Å². The van der Waals surface area contributed by atoms with Crippen molar-refractivity contribution in [1.82, 2.24) is 19.7 Å². The highest BCUT2D eigenvalue weighted by atomic mass is 19.1. The summed E-state index contributed by atoms with van der Waals surface area (Å²) >= 11 is 0. The van der Waals surface area contributed by atoms with Gasteiger partial charge in [-0.05, 0) is 41.3 Å². The Morgan fingerprint density at radius 2 is 1.89 bits per heavy atom. The van der Waals surface area contributed by atoms with E-state index >= 15 is 0 Å². The smallest absolute Gasteiger partial charge is 0.247 e. The summed E-state index contributed by atoms with van der Waals surface area (Å²) in [6, 6.07) is 12.2. The van der Waals surface area contributed by atoms with Gasteiger partial charge in [-0.3, -0.25) is 9.48 Å². The van der Waals surface area contributed by atoms with Gasteiger partial charge in [-0.2, -0.15) is 10.1 Å². The lowest BCUT2D eigenvalue weighted by Gasteiger charge is -2.17. The fourth-order valence-electron chi connectivity index (χ4n) is 3.61. The number of aromatic nitrogens is 4. The van der Waals surface area contributed by atoms with E-state index in [1.54, 1.807) is 23.3 Å². The highest BCUT2D eigenvalue weighted by Crippen LogP contribution is 2.35. The monoisotopic (exact) mass is 471 g/mol. The van der Waals surface area contributed by atoms with Crippen LogP contribution in [0.5, 0.6) is 0 Å². The van der Waals surface area contributed by atoms with E-state index in [1.165, 1.54) is 18.2 Å². The van der Waals surface area contributed by atoms with Crippen LogP contribution in [-0.4, -0.2) is 25.7 Å². The minimum absolute atomic E-state index is 0.154.